The van der Waals surface area contributed by atoms with Crippen molar-refractivity contribution in [3.8, 4) is 0 Å². The second kappa shape index (κ2) is 7.31. The first kappa shape index (κ1) is 15.6. The minimum Gasteiger partial charge on any atom is -0.357 e. The van der Waals surface area contributed by atoms with E-state index in [4.69, 9.17) is 0 Å². The summed E-state index contributed by atoms with van der Waals surface area (Å²) in [6.07, 6.45) is 1.31. The molecule has 22 heavy (non-hydrogen) atoms. The Balaban J connectivity index is 2.11. The largest absolute Gasteiger partial charge is 0.357 e. The van der Waals surface area contributed by atoms with Crippen LogP contribution in [0.3, 0.4) is 0 Å². The van der Waals surface area contributed by atoms with Crippen molar-refractivity contribution in [1.82, 2.24) is 15.6 Å². The van der Waals surface area contributed by atoms with E-state index in [0.717, 1.165) is 17.8 Å². The van der Waals surface area contributed by atoms with Crippen LogP contribution in [0.4, 0.5) is 4.39 Å². The summed E-state index contributed by atoms with van der Waals surface area (Å²) >= 11 is 0. The third kappa shape index (κ3) is 4.12. The Morgan fingerprint density at radius 2 is 1.91 bits per heavy atom. The second-order valence-electron chi connectivity index (χ2n) is 4.69. The third-order valence-electron chi connectivity index (χ3n) is 3.11. The number of nitrogens with one attached hydrogen (secondary N) is 2. The van der Waals surface area contributed by atoms with Crippen LogP contribution < -0.4 is 10.6 Å². The Hall–Kier alpha value is -2.76. The van der Waals surface area contributed by atoms with E-state index in [0.29, 0.717) is 6.42 Å². The maximum Gasteiger partial charge on any atom is 0.270 e. The smallest absolute Gasteiger partial charge is 0.270 e. The maximum absolute atomic E-state index is 12.8. The monoisotopic (exact) mass is 301 g/mol. The number of benzene rings is 1. The summed E-state index contributed by atoms with van der Waals surface area (Å²) < 4.78 is 12.8. The zero-order chi connectivity index (χ0) is 15.9. The average molecular weight is 301 g/mol. The number of hydrogen-bond acceptors (Lipinski definition) is 3. The van der Waals surface area contributed by atoms with Gasteiger partial charge in [-0.15, -0.1) is 0 Å². The molecule has 0 spiro atoms. The third-order valence-corrected chi connectivity index (χ3v) is 3.11. The lowest BCUT2D eigenvalue weighted by molar-refractivity contribution is -0.122. The molecule has 1 atom stereocenters. The lowest BCUT2D eigenvalue weighted by Crippen LogP contribution is -2.47. The van der Waals surface area contributed by atoms with Gasteiger partial charge in [0.15, 0.2) is 0 Å². The van der Waals surface area contributed by atoms with Crippen molar-refractivity contribution in [2.75, 3.05) is 7.05 Å². The number of amides is 2. The Bertz CT molecular complexity index is 644. The molecule has 5 nitrogen and oxygen atoms in total. The molecule has 114 valence electrons. The molecule has 1 unspecified atom stereocenters. The molecule has 2 N–H and O–H groups in total. The molecule has 1 aromatic heterocycles. The number of likely N-dealkylation sites (N-methyl/N-ethyl adjacent to an activating group) is 1. The fraction of sp³-hybridized carbons (Fsp3) is 0.188. The van der Waals surface area contributed by atoms with E-state index in [2.05, 4.69) is 15.6 Å². The predicted octanol–water partition coefficient (Wildman–Crippen LogP) is 1.31. The van der Waals surface area contributed by atoms with Crippen LogP contribution in [0.1, 0.15) is 16.1 Å². The van der Waals surface area contributed by atoms with Crippen LogP contribution >= 0.6 is 0 Å². The lowest BCUT2D eigenvalue weighted by atomic mass is 10.1. The fourth-order valence-corrected chi connectivity index (χ4v) is 1.98. The summed E-state index contributed by atoms with van der Waals surface area (Å²) in [7, 11) is 1.50. The molecule has 0 saturated carbocycles. The van der Waals surface area contributed by atoms with Gasteiger partial charge in [0.25, 0.3) is 5.91 Å². The number of carbonyl (C=O) groups excluding carboxylic acids is 2. The molecule has 0 radical (unpaired) electrons. The summed E-state index contributed by atoms with van der Waals surface area (Å²) in [5, 5.41) is 5.13. The van der Waals surface area contributed by atoms with Gasteiger partial charge in [-0.25, -0.2) is 9.37 Å². The molecule has 1 aromatic carbocycles. The van der Waals surface area contributed by atoms with Gasteiger partial charge in [0.1, 0.15) is 17.6 Å². The molecule has 6 heteroatoms. The first-order valence-electron chi connectivity index (χ1n) is 6.78. The van der Waals surface area contributed by atoms with Crippen LogP contribution in [-0.4, -0.2) is 29.9 Å². The van der Waals surface area contributed by atoms with E-state index in [9.17, 15) is 14.0 Å². The zero-order valence-corrected chi connectivity index (χ0v) is 12.0. The molecule has 2 amide bonds. The van der Waals surface area contributed by atoms with E-state index < -0.39 is 17.8 Å². The number of carbonyl (C=O) groups is 2. The van der Waals surface area contributed by atoms with E-state index in [1.165, 1.54) is 13.1 Å². The van der Waals surface area contributed by atoms with Crippen LogP contribution in [0, 0.1) is 5.82 Å². The van der Waals surface area contributed by atoms with Crippen molar-refractivity contribution in [2.24, 2.45) is 0 Å². The van der Waals surface area contributed by atoms with E-state index in [1.807, 2.05) is 30.3 Å². The van der Waals surface area contributed by atoms with Gasteiger partial charge in [-0.2, -0.15) is 0 Å². The SMILES string of the molecule is CNC(=O)C(Cc1ccccc1)NC(=O)c1ccc(F)cn1. The van der Waals surface area contributed by atoms with E-state index in [1.54, 1.807) is 0 Å². The number of pyridine rings is 1. The molecule has 0 saturated heterocycles. The molecule has 0 aliphatic rings. The van der Waals surface area contributed by atoms with Gasteiger partial charge < -0.3 is 10.6 Å². The zero-order valence-electron chi connectivity index (χ0n) is 12.0. The van der Waals surface area contributed by atoms with Crippen LogP contribution in [0.5, 0.6) is 0 Å². The molecule has 0 fully saturated rings. The van der Waals surface area contributed by atoms with Gasteiger partial charge in [0, 0.05) is 13.5 Å². The molecular formula is C16H16FN3O2. The van der Waals surface area contributed by atoms with Crippen molar-refractivity contribution in [3.05, 3.63) is 65.7 Å². The van der Waals surface area contributed by atoms with Crippen LogP contribution in [0.2, 0.25) is 0 Å². The van der Waals surface area contributed by atoms with E-state index in [-0.39, 0.29) is 11.6 Å². The van der Waals surface area contributed by atoms with Crippen molar-refractivity contribution in [3.63, 3.8) is 0 Å². The lowest BCUT2D eigenvalue weighted by Gasteiger charge is -2.17. The quantitative estimate of drug-likeness (QED) is 0.874. The van der Waals surface area contributed by atoms with Gasteiger partial charge in [-0.3, -0.25) is 9.59 Å². The highest BCUT2D eigenvalue weighted by Gasteiger charge is 2.21. The summed E-state index contributed by atoms with van der Waals surface area (Å²) in [5.74, 6) is -1.35. The molecule has 1 heterocycles. The molecule has 2 rings (SSSR count). The summed E-state index contributed by atoms with van der Waals surface area (Å²) in [6.45, 7) is 0. The first-order valence-corrected chi connectivity index (χ1v) is 6.78. The average Bonchev–Trinajstić information content (AvgIpc) is 2.55. The number of nitrogens with zero attached hydrogens (tertiary/aromatic N) is 1. The van der Waals surface area contributed by atoms with Crippen molar-refractivity contribution >= 4 is 11.8 Å². The molecular weight excluding hydrogens is 285 g/mol. The summed E-state index contributed by atoms with van der Waals surface area (Å²) in [5.41, 5.74) is 0.979. The Morgan fingerprint density at radius 3 is 2.50 bits per heavy atom. The van der Waals surface area contributed by atoms with Gasteiger partial charge in [-0.1, -0.05) is 30.3 Å². The minimum absolute atomic E-state index is 0.0587. The minimum atomic E-state index is -0.730. The maximum atomic E-state index is 12.8. The van der Waals surface area contributed by atoms with Crippen LogP contribution in [0.25, 0.3) is 0 Å². The van der Waals surface area contributed by atoms with Gasteiger partial charge >= 0.3 is 0 Å². The topological polar surface area (TPSA) is 71.1 Å². The predicted molar refractivity (Wildman–Crippen MR) is 79.7 cm³/mol. The Kier molecular flexibility index (Phi) is 5.19. The highest BCUT2D eigenvalue weighted by molar-refractivity contribution is 5.96. The van der Waals surface area contributed by atoms with Gasteiger partial charge in [0.05, 0.1) is 6.20 Å². The highest BCUT2D eigenvalue weighted by atomic mass is 19.1. The van der Waals surface area contributed by atoms with Crippen molar-refractivity contribution < 1.29 is 14.0 Å². The normalized spacial score (nSPS) is 11.5. The second-order valence-corrected chi connectivity index (χ2v) is 4.69. The Morgan fingerprint density at radius 1 is 1.18 bits per heavy atom. The Labute approximate surface area is 127 Å². The van der Waals surface area contributed by atoms with E-state index >= 15 is 0 Å². The summed E-state index contributed by atoms with van der Waals surface area (Å²) in [4.78, 5) is 27.7. The standard InChI is InChI=1S/C16H16FN3O2/c1-18-15(21)14(9-11-5-3-2-4-6-11)20-16(22)13-8-7-12(17)10-19-13/h2-8,10,14H,9H2,1H3,(H,18,21)(H,20,22). The first-order chi connectivity index (χ1) is 10.6. The van der Waals surface area contributed by atoms with Crippen molar-refractivity contribution in [2.45, 2.75) is 12.5 Å². The van der Waals surface area contributed by atoms with Crippen LogP contribution in [0.15, 0.2) is 48.7 Å². The molecule has 0 aliphatic heterocycles. The fourth-order valence-electron chi connectivity index (χ4n) is 1.98. The highest BCUT2D eigenvalue weighted by Crippen LogP contribution is 2.05. The van der Waals surface area contributed by atoms with Crippen LogP contribution in [-0.2, 0) is 11.2 Å². The van der Waals surface area contributed by atoms with Crippen molar-refractivity contribution in [1.29, 1.82) is 0 Å². The molecule has 2 aromatic rings. The van der Waals surface area contributed by atoms with Gasteiger partial charge in [-0.05, 0) is 17.7 Å². The number of rotatable bonds is 5. The number of halogens is 1. The van der Waals surface area contributed by atoms with Gasteiger partial charge in [0.2, 0.25) is 5.91 Å². The molecule has 0 aliphatic carbocycles. The summed E-state index contributed by atoms with van der Waals surface area (Å²) in [6, 6.07) is 11.0. The number of aromatic nitrogens is 1. The molecule has 0 bridgehead atoms. The number of hydrogen-bond donors (Lipinski definition) is 2.